The van der Waals surface area contributed by atoms with E-state index in [1.54, 1.807) is 6.92 Å². The molecule has 3 nitrogen and oxygen atoms in total. The molecular formula is C19H23NO2. The molecule has 2 aromatic rings. The number of anilines is 1. The smallest absolute Gasteiger partial charge is 0.308 e. The number of rotatable bonds is 6. The zero-order valence-electron chi connectivity index (χ0n) is 13.4. The number of hydrogen-bond acceptors (Lipinski definition) is 2. The molecular weight excluding hydrogens is 274 g/mol. The maximum atomic E-state index is 11.3. The molecule has 0 spiro atoms. The Hall–Kier alpha value is -2.29. The van der Waals surface area contributed by atoms with Crippen LogP contribution in [0.2, 0.25) is 0 Å². The maximum Gasteiger partial charge on any atom is 0.308 e. The van der Waals surface area contributed by atoms with Gasteiger partial charge in [-0.1, -0.05) is 55.5 Å². The highest BCUT2D eigenvalue weighted by Gasteiger charge is 2.19. The molecule has 1 unspecified atom stereocenters. The highest BCUT2D eigenvalue weighted by molar-refractivity contribution is 5.71. The second-order valence-corrected chi connectivity index (χ2v) is 5.85. The van der Waals surface area contributed by atoms with Crippen LogP contribution in [-0.2, 0) is 11.3 Å². The molecule has 116 valence electrons. The Bertz CT molecular complexity index is 617. The molecule has 0 aromatic heterocycles. The first-order valence-electron chi connectivity index (χ1n) is 7.57. The van der Waals surface area contributed by atoms with Gasteiger partial charge in [-0.3, -0.25) is 4.79 Å². The van der Waals surface area contributed by atoms with E-state index in [0.29, 0.717) is 13.1 Å². The fraction of sp³-hybridized carbons (Fsp3) is 0.316. The van der Waals surface area contributed by atoms with Crippen molar-refractivity contribution in [2.45, 2.75) is 27.3 Å². The van der Waals surface area contributed by atoms with E-state index in [-0.39, 0.29) is 0 Å². The maximum absolute atomic E-state index is 11.3. The number of carbonyl (C=O) groups is 1. The molecule has 0 aliphatic rings. The molecule has 3 heteroatoms. The van der Waals surface area contributed by atoms with E-state index >= 15 is 0 Å². The topological polar surface area (TPSA) is 40.5 Å². The predicted octanol–water partition coefficient (Wildman–Crippen LogP) is 4.03. The quantitative estimate of drug-likeness (QED) is 0.875. The van der Waals surface area contributed by atoms with Gasteiger partial charge >= 0.3 is 5.97 Å². The van der Waals surface area contributed by atoms with Gasteiger partial charge in [0.15, 0.2) is 0 Å². The molecule has 22 heavy (non-hydrogen) atoms. The third-order valence-electron chi connectivity index (χ3n) is 3.89. The van der Waals surface area contributed by atoms with Crippen molar-refractivity contribution < 1.29 is 9.90 Å². The standard InChI is InChI=1S/C19H23NO2/c1-14-8-7-9-15(2)18(14)20(12-16(3)19(21)22)13-17-10-5-4-6-11-17/h4-11,16H,12-13H2,1-3H3,(H,21,22). The number of carboxylic acid groups (broad SMARTS) is 1. The van der Waals surface area contributed by atoms with Crippen molar-refractivity contribution in [2.24, 2.45) is 5.92 Å². The molecule has 0 saturated heterocycles. The van der Waals surface area contributed by atoms with Gasteiger partial charge in [0, 0.05) is 18.8 Å². The first-order valence-corrected chi connectivity index (χ1v) is 7.57. The van der Waals surface area contributed by atoms with E-state index < -0.39 is 11.9 Å². The summed E-state index contributed by atoms with van der Waals surface area (Å²) in [6, 6.07) is 16.4. The molecule has 0 fully saturated rings. The van der Waals surface area contributed by atoms with Crippen molar-refractivity contribution in [3.8, 4) is 0 Å². The lowest BCUT2D eigenvalue weighted by Crippen LogP contribution is -2.32. The second kappa shape index (κ2) is 7.12. The van der Waals surface area contributed by atoms with Crippen LogP contribution in [0, 0.1) is 19.8 Å². The van der Waals surface area contributed by atoms with Crippen LogP contribution in [0.5, 0.6) is 0 Å². The number of aryl methyl sites for hydroxylation is 2. The van der Waals surface area contributed by atoms with E-state index in [1.165, 1.54) is 16.7 Å². The third kappa shape index (κ3) is 3.88. The zero-order valence-corrected chi connectivity index (χ0v) is 13.4. The average Bonchev–Trinajstić information content (AvgIpc) is 2.47. The molecule has 1 N–H and O–H groups in total. The molecule has 2 aromatic carbocycles. The van der Waals surface area contributed by atoms with E-state index in [0.717, 1.165) is 5.69 Å². The molecule has 0 radical (unpaired) electrons. The summed E-state index contributed by atoms with van der Waals surface area (Å²) in [7, 11) is 0. The summed E-state index contributed by atoms with van der Waals surface area (Å²) in [5, 5.41) is 9.26. The minimum absolute atomic E-state index is 0.414. The highest BCUT2D eigenvalue weighted by Crippen LogP contribution is 2.27. The fourth-order valence-electron chi connectivity index (χ4n) is 2.75. The molecule has 0 aliphatic carbocycles. The number of benzene rings is 2. The lowest BCUT2D eigenvalue weighted by Gasteiger charge is -2.30. The first-order chi connectivity index (χ1) is 10.5. The lowest BCUT2D eigenvalue weighted by atomic mass is 10.0. The predicted molar refractivity (Wildman–Crippen MR) is 90.2 cm³/mol. The van der Waals surface area contributed by atoms with Crippen LogP contribution in [0.3, 0.4) is 0 Å². The largest absolute Gasteiger partial charge is 0.481 e. The highest BCUT2D eigenvalue weighted by atomic mass is 16.4. The summed E-state index contributed by atoms with van der Waals surface area (Å²) in [5.74, 6) is -1.17. The van der Waals surface area contributed by atoms with Crippen molar-refractivity contribution in [2.75, 3.05) is 11.4 Å². The van der Waals surface area contributed by atoms with E-state index in [2.05, 4.69) is 43.0 Å². The van der Waals surface area contributed by atoms with Gasteiger partial charge in [0.2, 0.25) is 0 Å². The molecule has 1 atom stereocenters. The second-order valence-electron chi connectivity index (χ2n) is 5.85. The third-order valence-corrected chi connectivity index (χ3v) is 3.89. The van der Waals surface area contributed by atoms with E-state index in [9.17, 15) is 9.90 Å². The summed E-state index contributed by atoms with van der Waals surface area (Å²) in [6.45, 7) is 7.12. The van der Waals surface area contributed by atoms with Crippen LogP contribution in [0.4, 0.5) is 5.69 Å². The Morgan fingerprint density at radius 2 is 1.64 bits per heavy atom. The van der Waals surface area contributed by atoms with Gasteiger partial charge in [-0.2, -0.15) is 0 Å². The molecule has 0 aliphatic heterocycles. The van der Waals surface area contributed by atoms with Crippen LogP contribution >= 0.6 is 0 Å². The monoisotopic (exact) mass is 297 g/mol. The number of nitrogens with zero attached hydrogens (tertiary/aromatic N) is 1. The molecule has 0 bridgehead atoms. The van der Waals surface area contributed by atoms with Crippen LogP contribution in [0.1, 0.15) is 23.6 Å². The summed E-state index contributed by atoms with van der Waals surface area (Å²) < 4.78 is 0. The van der Waals surface area contributed by atoms with Crippen molar-refractivity contribution in [1.82, 2.24) is 0 Å². The fourth-order valence-corrected chi connectivity index (χ4v) is 2.75. The molecule has 0 saturated carbocycles. The Balaban J connectivity index is 2.34. The average molecular weight is 297 g/mol. The Morgan fingerprint density at radius 3 is 2.18 bits per heavy atom. The Kier molecular flexibility index (Phi) is 5.21. The summed E-state index contributed by atoms with van der Waals surface area (Å²) in [4.78, 5) is 13.4. The van der Waals surface area contributed by atoms with Gasteiger partial charge in [-0.25, -0.2) is 0 Å². The van der Waals surface area contributed by atoms with Gasteiger partial charge in [-0.05, 0) is 30.5 Å². The van der Waals surface area contributed by atoms with E-state index in [1.807, 2.05) is 24.3 Å². The van der Waals surface area contributed by atoms with Crippen LogP contribution in [0.15, 0.2) is 48.5 Å². The SMILES string of the molecule is Cc1cccc(C)c1N(Cc1ccccc1)CC(C)C(=O)O. The Labute approximate surface area is 132 Å². The molecule has 2 rings (SSSR count). The number of aliphatic carboxylic acids is 1. The van der Waals surface area contributed by atoms with Crippen LogP contribution < -0.4 is 4.90 Å². The number of para-hydroxylation sites is 1. The van der Waals surface area contributed by atoms with Crippen molar-refractivity contribution >= 4 is 11.7 Å². The van der Waals surface area contributed by atoms with Crippen LogP contribution in [0.25, 0.3) is 0 Å². The summed E-state index contributed by atoms with van der Waals surface area (Å²) in [5.41, 5.74) is 4.67. The van der Waals surface area contributed by atoms with Crippen molar-refractivity contribution in [3.05, 3.63) is 65.2 Å². The zero-order chi connectivity index (χ0) is 16.1. The number of hydrogen-bond donors (Lipinski definition) is 1. The lowest BCUT2D eigenvalue weighted by molar-refractivity contribution is -0.140. The van der Waals surface area contributed by atoms with Crippen molar-refractivity contribution in [1.29, 1.82) is 0 Å². The minimum atomic E-state index is -0.760. The minimum Gasteiger partial charge on any atom is -0.481 e. The van der Waals surface area contributed by atoms with Gasteiger partial charge < -0.3 is 10.0 Å². The molecule has 0 heterocycles. The number of carboxylic acids is 1. The van der Waals surface area contributed by atoms with Crippen molar-refractivity contribution in [3.63, 3.8) is 0 Å². The van der Waals surface area contributed by atoms with E-state index in [4.69, 9.17) is 0 Å². The summed E-state index contributed by atoms with van der Waals surface area (Å²) >= 11 is 0. The van der Waals surface area contributed by atoms with Crippen LogP contribution in [-0.4, -0.2) is 17.6 Å². The van der Waals surface area contributed by atoms with Gasteiger partial charge in [0.25, 0.3) is 0 Å². The Morgan fingerprint density at radius 1 is 1.05 bits per heavy atom. The van der Waals surface area contributed by atoms with Gasteiger partial charge in [0.05, 0.1) is 5.92 Å². The van der Waals surface area contributed by atoms with Gasteiger partial charge in [-0.15, -0.1) is 0 Å². The first kappa shape index (κ1) is 16.1. The normalized spacial score (nSPS) is 12.0. The summed E-state index contributed by atoms with van der Waals surface area (Å²) in [6.07, 6.45) is 0. The van der Waals surface area contributed by atoms with Gasteiger partial charge in [0.1, 0.15) is 0 Å². The molecule has 0 amide bonds.